The van der Waals surface area contributed by atoms with E-state index >= 15 is 0 Å². The predicted molar refractivity (Wildman–Crippen MR) is 69.2 cm³/mol. The third-order valence-corrected chi connectivity index (χ3v) is 3.29. The van der Waals surface area contributed by atoms with E-state index in [-0.39, 0.29) is 12.5 Å². The second-order valence-corrected chi connectivity index (χ2v) is 4.66. The summed E-state index contributed by atoms with van der Waals surface area (Å²) in [5.74, 6) is -0.0423. The van der Waals surface area contributed by atoms with E-state index in [1.807, 2.05) is 0 Å². The lowest BCUT2D eigenvalue weighted by atomic mass is 9.93. The number of piperidine rings is 1. The van der Waals surface area contributed by atoms with Gasteiger partial charge in [0.25, 0.3) is 11.3 Å². The van der Waals surface area contributed by atoms with E-state index in [2.05, 4.69) is 13.2 Å². The fourth-order valence-electron chi connectivity index (χ4n) is 1.84. The summed E-state index contributed by atoms with van der Waals surface area (Å²) >= 11 is -2.10. The van der Waals surface area contributed by atoms with Crippen molar-refractivity contribution in [2.75, 3.05) is 13.2 Å². The molecule has 0 aliphatic carbocycles. The Labute approximate surface area is 104 Å². The summed E-state index contributed by atoms with van der Waals surface area (Å²) in [6.45, 7) is 7.56. The van der Waals surface area contributed by atoms with E-state index in [1.54, 1.807) is 24.3 Å². The Morgan fingerprint density at radius 3 is 2.53 bits per heavy atom. The number of allylic oxidation sites excluding steroid dienone is 5. The zero-order chi connectivity index (χ0) is 12.8. The molecular weight excluding hydrogens is 238 g/mol. The molecule has 1 heterocycles. The first-order valence-electron chi connectivity index (χ1n) is 5.28. The van der Waals surface area contributed by atoms with Crippen LogP contribution in [0, 0.1) is 5.92 Å². The van der Waals surface area contributed by atoms with Crippen molar-refractivity contribution in [3.63, 3.8) is 0 Å². The van der Waals surface area contributed by atoms with Crippen molar-refractivity contribution < 1.29 is 13.9 Å². The van der Waals surface area contributed by atoms with Crippen molar-refractivity contribution in [2.24, 2.45) is 5.92 Å². The highest BCUT2D eigenvalue weighted by Gasteiger charge is 2.28. The molecule has 0 saturated carbocycles. The van der Waals surface area contributed by atoms with Gasteiger partial charge in [-0.1, -0.05) is 31.4 Å². The molecule has 94 valence electrons. The normalized spacial score (nSPS) is 27.2. The molecule has 1 rings (SSSR count). The first-order valence-corrected chi connectivity index (χ1v) is 6.34. The molecule has 1 aliphatic heterocycles. The lowest BCUT2D eigenvalue weighted by Gasteiger charge is -2.34. The highest BCUT2D eigenvalue weighted by atomic mass is 32.2. The second-order valence-electron chi connectivity index (χ2n) is 3.76. The van der Waals surface area contributed by atoms with Gasteiger partial charge in [-0.2, -0.15) is 0 Å². The van der Waals surface area contributed by atoms with E-state index in [0.717, 1.165) is 5.57 Å². The second kappa shape index (κ2) is 6.54. The first-order chi connectivity index (χ1) is 8.13. The van der Waals surface area contributed by atoms with Gasteiger partial charge in [0.2, 0.25) is 0 Å². The Bertz CT molecular complexity index is 387. The minimum atomic E-state index is -2.10. The number of hydrogen-bond donors (Lipinski definition) is 2. The molecule has 0 radical (unpaired) electrons. The van der Waals surface area contributed by atoms with Gasteiger partial charge in [0.1, 0.15) is 0 Å². The SMILES string of the molecule is C=C/C=C1/C[C@@H](CO)CN(S(=O)O)/C1=C/C=C. The van der Waals surface area contributed by atoms with Crippen LogP contribution in [0.5, 0.6) is 0 Å². The molecule has 2 atom stereocenters. The molecule has 2 N–H and O–H groups in total. The number of aliphatic hydroxyl groups is 1. The van der Waals surface area contributed by atoms with Crippen molar-refractivity contribution in [3.05, 3.63) is 48.7 Å². The molecule has 0 spiro atoms. The van der Waals surface area contributed by atoms with Crippen LogP contribution in [0.2, 0.25) is 0 Å². The van der Waals surface area contributed by atoms with Gasteiger partial charge in [0, 0.05) is 19.1 Å². The Morgan fingerprint density at radius 1 is 1.41 bits per heavy atom. The summed E-state index contributed by atoms with van der Waals surface area (Å²) in [6, 6.07) is 0. The minimum absolute atomic E-state index is 0.0104. The van der Waals surface area contributed by atoms with Crippen molar-refractivity contribution in [1.29, 1.82) is 0 Å². The number of nitrogens with zero attached hydrogens (tertiary/aromatic N) is 1. The molecule has 0 aromatic rings. The molecule has 1 unspecified atom stereocenters. The topological polar surface area (TPSA) is 60.8 Å². The lowest BCUT2D eigenvalue weighted by Crippen LogP contribution is -2.37. The van der Waals surface area contributed by atoms with E-state index in [4.69, 9.17) is 0 Å². The molecule has 4 nitrogen and oxygen atoms in total. The molecule has 0 amide bonds. The van der Waals surface area contributed by atoms with Gasteiger partial charge in [-0.05, 0) is 18.1 Å². The zero-order valence-electron chi connectivity index (χ0n) is 9.58. The summed E-state index contributed by atoms with van der Waals surface area (Å²) in [5, 5.41) is 9.19. The van der Waals surface area contributed by atoms with E-state index in [1.165, 1.54) is 4.31 Å². The Morgan fingerprint density at radius 2 is 2.06 bits per heavy atom. The van der Waals surface area contributed by atoms with Crippen molar-refractivity contribution >= 4 is 11.3 Å². The van der Waals surface area contributed by atoms with Gasteiger partial charge in [-0.3, -0.25) is 8.86 Å². The molecule has 1 saturated heterocycles. The number of rotatable bonds is 4. The molecule has 0 aromatic heterocycles. The van der Waals surface area contributed by atoms with Crippen molar-refractivity contribution in [3.8, 4) is 0 Å². The summed E-state index contributed by atoms with van der Waals surface area (Å²) in [7, 11) is 0. The van der Waals surface area contributed by atoms with Gasteiger partial charge in [-0.25, -0.2) is 4.21 Å². The zero-order valence-corrected chi connectivity index (χ0v) is 10.4. The van der Waals surface area contributed by atoms with Crippen LogP contribution in [-0.2, 0) is 11.3 Å². The summed E-state index contributed by atoms with van der Waals surface area (Å²) in [4.78, 5) is 0. The van der Waals surface area contributed by atoms with E-state index in [9.17, 15) is 13.9 Å². The standard InChI is InChI=1S/C12H17NO3S/c1-3-5-11-7-10(9-14)8-13(17(15)16)12(11)6-4-2/h3-6,10,14H,1-2,7-9H2,(H,15,16)/b11-5-,12-6+/t10-/m1/s1. The van der Waals surface area contributed by atoms with Crippen LogP contribution in [0.3, 0.4) is 0 Å². The average molecular weight is 255 g/mol. The maximum Gasteiger partial charge on any atom is 0.261 e. The van der Waals surface area contributed by atoms with Crippen LogP contribution >= 0.6 is 0 Å². The molecule has 17 heavy (non-hydrogen) atoms. The van der Waals surface area contributed by atoms with Crippen LogP contribution < -0.4 is 0 Å². The Balaban J connectivity index is 3.13. The van der Waals surface area contributed by atoms with Crippen LogP contribution in [-0.4, -0.2) is 31.3 Å². The summed E-state index contributed by atoms with van der Waals surface area (Å²) < 4.78 is 21.9. The Kier molecular flexibility index (Phi) is 5.34. The van der Waals surface area contributed by atoms with Crippen LogP contribution in [0.15, 0.2) is 48.7 Å². The lowest BCUT2D eigenvalue weighted by molar-refractivity contribution is 0.197. The van der Waals surface area contributed by atoms with Gasteiger partial charge in [-0.15, -0.1) is 0 Å². The first kappa shape index (κ1) is 13.9. The van der Waals surface area contributed by atoms with Crippen LogP contribution in [0.4, 0.5) is 0 Å². The van der Waals surface area contributed by atoms with Gasteiger partial charge in [0.15, 0.2) is 0 Å². The molecule has 0 bridgehead atoms. The summed E-state index contributed by atoms with van der Waals surface area (Å²) in [6.07, 6.45) is 7.35. The molecule has 1 fully saturated rings. The van der Waals surface area contributed by atoms with E-state index in [0.29, 0.717) is 18.7 Å². The number of hydrogen-bond acceptors (Lipinski definition) is 2. The molecule has 0 aromatic carbocycles. The number of aliphatic hydroxyl groups excluding tert-OH is 1. The highest BCUT2D eigenvalue weighted by molar-refractivity contribution is 7.76. The average Bonchev–Trinajstić information content (AvgIpc) is 2.31. The van der Waals surface area contributed by atoms with Crippen molar-refractivity contribution in [2.45, 2.75) is 6.42 Å². The van der Waals surface area contributed by atoms with Crippen molar-refractivity contribution in [1.82, 2.24) is 4.31 Å². The molecule has 1 aliphatic rings. The quantitative estimate of drug-likeness (QED) is 0.750. The molecular formula is C12H17NO3S. The highest BCUT2D eigenvalue weighted by Crippen LogP contribution is 2.30. The van der Waals surface area contributed by atoms with Crippen LogP contribution in [0.25, 0.3) is 0 Å². The Hall–Kier alpha value is -1.17. The molecule has 5 heteroatoms. The maximum absolute atomic E-state index is 11.3. The predicted octanol–water partition coefficient (Wildman–Crippen LogP) is 1.62. The monoisotopic (exact) mass is 255 g/mol. The smallest absolute Gasteiger partial charge is 0.261 e. The third-order valence-electron chi connectivity index (χ3n) is 2.57. The fraction of sp³-hybridized carbons (Fsp3) is 0.333. The summed E-state index contributed by atoms with van der Waals surface area (Å²) in [5.41, 5.74) is 1.54. The minimum Gasteiger partial charge on any atom is -0.396 e. The van der Waals surface area contributed by atoms with Crippen LogP contribution in [0.1, 0.15) is 6.42 Å². The fourth-order valence-corrected chi connectivity index (χ4v) is 2.53. The third kappa shape index (κ3) is 3.39. The van der Waals surface area contributed by atoms with Gasteiger partial charge < -0.3 is 5.11 Å². The maximum atomic E-state index is 11.3. The van der Waals surface area contributed by atoms with Gasteiger partial charge in [0.05, 0.1) is 5.70 Å². The van der Waals surface area contributed by atoms with E-state index < -0.39 is 11.3 Å². The van der Waals surface area contributed by atoms with Gasteiger partial charge >= 0.3 is 0 Å². The largest absolute Gasteiger partial charge is 0.396 e.